The summed E-state index contributed by atoms with van der Waals surface area (Å²) in [5.74, 6) is -0.393. The second kappa shape index (κ2) is 4.04. The molecule has 4 nitrogen and oxygen atoms in total. The Morgan fingerprint density at radius 1 is 1.73 bits per heavy atom. The summed E-state index contributed by atoms with van der Waals surface area (Å²) in [4.78, 5) is 10.6. The first-order chi connectivity index (χ1) is 7.19. The average molecular weight is 208 g/mol. The van der Waals surface area contributed by atoms with Crippen LogP contribution in [0.4, 0.5) is 0 Å². The molecule has 0 radical (unpaired) electrons. The van der Waals surface area contributed by atoms with Crippen LogP contribution in [0.15, 0.2) is 6.20 Å². The molecule has 1 aliphatic rings. The molecule has 1 atom stereocenters. The van der Waals surface area contributed by atoms with E-state index in [2.05, 4.69) is 18.2 Å². The monoisotopic (exact) mass is 208 g/mol. The van der Waals surface area contributed by atoms with Crippen LogP contribution in [-0.2, 0) is 24.2 Å². The maximum atomic E-state index is 10.6. The van der Waals surface area contributed by atoms with Crippen molar-refractivity contribution in [3.8, 4) is 0 Å². The van der Waals surface area contributed by atoms with E-state index < -0.39 is 5.97 Å². The lowest BCUT2D eigenvalue weighted by Gasteiger charge is -2.18. The Balaban J connectivity index is 2.08. The smallest absolute Gasteiger partial charge is 0.303 e. The summed E-state index contributed by atoms with van der Waals surface area (Å²) >= 11 is 0. The summed E-state index contributed by atoms with van der Waals surface area (Å²) in [5.41, 5.74) is 2.41. The lowest BCUT2D eigenvalue weighted by atomic mass is 9.86. The average Bonchev–Trinajstić information content (AvgIpc) is 2.58. The van der Waals surface area contributed by atoms with Crippen molar-refractivity contribution in [2.45, 2.75) is 39.2 Å². The third-order valence-corrected chi connectivity index (χ3v) is 3.01. The minimum absolute atomic E-state index is 0.288. The summed E-state index contributed by atoms with van der Waals surface area (Å²) in [7, 11) is 0. The fourth-order valence-electron chi connectivity index (χ4n) is 2.22. The topological polar surface area (TPSA) is 55.1 Å². The van der Waals surface area contributed by atoms with E-state index in [4.69, 9.17) is 5.11 Å². The number of hydrogen-bond donors (Lipinski definition) is 1. The Kier molecular flexibility index (Phi) is 2.75. The van der Waals surface area contributed by atoms with Crippen LogP contribution in [0.5, 0.6) is 0 Å². The van der Waals surface area contributed by atoms with E-state index in [0.29, 0.717) is 5.92 Å². The van der Waals surface area contributed by atoms with Crippen molar-refractivity contribution < 1.29 is 9.90 Å². The largest absolute Gasteiger partial charge is 0.481 e. The van der Waals surface area contributed by atoms with Crippen LogP contribution in [-0.4, -0.2) is 20.9 Å². The second-order valence-electron chi connectivity index (χ2n) is 4.16. The molecule has 4 heteroatoms. The van der Waals surface area contributed by atoms with Crippen molar-refractivity contribution in [3.63, 3.8) is 0 Å². The zero-order valence-corrected chi connectivity index (χ0v) is 8.94. The molecule has 1 unspecified atom stereocenters. The molecule has 1 heterocycles. The zero-order chi connectivity index (χ0) is 10.8. The first kappa shape index (κ1) is 10.2. The van der Waals surface area contributed by atoms with Gasteiger partial charge in [-0.1, -0.05) is 0 Å². The predicted octanol–water partition coefficient (Wildman–Crippen LogP) is 1.48. The van der Waals surface area contributed by atoms with Crippen LogP contribution >= 0.6 is 0 Å². The van der Waals surface area contributed by atoms with E-state index in [1.165, 1.54) is 11.3 Å². The van der Waals surface area contributed by atoms with Gasteiger partial charge < -0.3 is 5.11 Å². The highest BCUT2D eigenvalue weighted by atomic mass is 16.4. The summed E-state index contributed by atoms with van der Waals surface area (Å²) in [6.45, 7) is 2.95. The Bertz CT molecular complexity index is 371. The van der Waals surface area contributed by atoms with Gasteiger partial charge in [-0.25, -0.2) is 0 Å². The fourth-order valence-corrected chi connectivity index (χ4v) is 2.22. The third-order valence-electron chi connectivity index (χ3n) is 3.01. The number of carbonyl (C=O) groups is 1. The minimum Gasteiger partial charge on any atom is -0.481 e. The Morgan fingerprint density at radius 3 is 3.20 bits per heavy atom. The molecule has 0 fully saturated rings. The number of rotatable bonds is 3. The molecule has 1 aliphatic carbocycles. The second-order valence-corrected chi connectivity index (χ2v) is 4.16. The van der Waals surface area contributed by atoms with Gasteiger partial charge in [0.05, 0.1) is 5.69 Å². The number of fused-ring (bicyclic) bond motifs is 1. The number of nitrogens with zero attached hydrogens (tertiary/aromatic N) is 2. The van der Waals surface area contributed by atoms with Crippen LogP contribution in [0.25, 0.3) is 0 Å². The van der Waals surface area contributed by atoms with Crippen molar-refractivity contribution in [1.82, 2.24) is 9.78 Å². The Labute approximate surface area is 88.9 Å². The number of carboxylic acid groups (broad SMARTS) is 1. The zero-order valence-electron chi connectivity index (χ0n) is 8.94. The number of aromatic nitrogens is 2. The van der Waals surface area contributed by atoms with E-state index in [1.807, 2.05) is 4.68 Å². The molecule has 0 bridgehead atoms. The third kappa shape index (κ3) is 2.19. The molecule has 0 spiro atoms. The number of carboxylic acids is 1. The van der Waals surface area contributed by atoms with E-state index in [1.54, 1.807) is 0 Å². The van der Waals surface area contributed by atoms with Crippen molar-refractivity contribution >= 4 is 5.97 Å². The molecular formula is C11H16N2O2. The molecule has 82 valence electrons. The summed E-state index contributed by atoms with van der Waals surface area (Å²) in [6.07, 6.45) is 5.11. The summed E-state index contributed by atoms with van der Waals surface area (Å²) < 4.78 is 1.94. The lowest BCUT2D eigenvalue weighted by molar-refractivity contribution is -0.138. The first-order valence-corrected chi connectivity index (χ1v) is 5.46. The molecular weight excluding hydrogens is 192 g/mol. The van der Waals surface area contributed by atoms with Crippen molar-refractivity contribution in [2.24, 2.45) is 5.92 Å². The van der Waals surface area contributed by atoms with Crippen molar-refractivity contribution in [1.29, 1.82) is 0 Å². The highest BCUT2D eigenvalue weighted by Crippen LogP contribution is 2.26. The predicted molar refractivity (Wildman–Crippen MR) is 55.7 cm³/mol. The van der Waals surface area contributed by atoms with Gasteiger partial charge in [0.2, 0.25) is 0 Å². The van der Waals surface area contributed by atoms with E-state index in [9.17, 15) is 4.79 Å². The number of aliphatic carboxylic acids is 1. The highest BCUT2D eigenvalue weighted by molar-refractivity contribution is 5.67. The molecule has 0 aliphatic heterocycles. The van der Waals surface area contributed by atoms with E-state index in [-0.39, 0.29) is 6.42 Å². The molecule has 1 aromatic rings. The molecule has 2 rings (SSSR count). The fraction of sp³-hybridized carbons (Fsp3) is 0.636. The van der Waals surface area contributed by atoms with Crippen LogP contribution in [0, 0.1) is 5.92 Å². The Hall–Kier alpha value is -1.32. The van der Waals surface area contributed by atoms with E-state index in [0.717, 1.165) is 25.8 Å². The quantitative estimate of drug-likeness (QED) is 0.818. The highest BCUT2D eigenvalue weighted by Gasteiger charge is 2.23. The van der Waals surface area contributed by atoms with Gasteiger partial charge in [-0.15, -0.1) is 0 Å². The van der Waals surface area contributed by atoms with Crippen LogP contribution in [0.3, 0.4) is 0 Å². The van der Waals surface area contributed by atoms with Gasteiger partial charge in [0, 0.05) is 19.2 Å². The summed E-state index contributed by atoms with van der Waals surface area (Å²) in [5, 5.41) is 13.2. The van der Waals surface area contributed by atoms with Crippen LogP contribution in [0.1, 0.15) is 31.0 Å². The standard InChI is InChI=1S/C11H16N2O2/c1-2-13-7-9-5-8(6-11(14)15)3-4-10(9)12-13/h7-8H,2-6H2,1H3,(H,14,15). The van der Waals surface area contributed by atoms with E-state index >= 15 is 0 Å². The molecule has 15 heavy (non-hydrogen) atoms. The SMILES string of the molecule is CCn1cc2c(n1)CCC(CC(=O)O)C2. The molecule has 0 saturated heterocycles. The number of hydrogen-bond acceptors (Lipinski definition) is 2. The molecule has 0 saturated carbocycles. The molecule has 0 amide bonds. The van der Waals surface area contributed by atoms with Gasteiger partial charge in [0.1, 0.15) is 0 Å². The van der Waals surface area contributed by atoms with Crippen molar-refractivity contribution in [2.75, 3.05) is 0 Å². The molecule has 1 aromatic heterocycles. The number of aryl methyl sites for hydroxylation is 2. The molecule has 0 aromatic carbocycles. The van der Waals surface area contributed by atoms with Gasteiger partial charge in [-0.2, -0.15) is 5.10 Å². The van der Waals surface area contributed by atoms with Gasteiger partial charge in [0.15, 0.2) is 0 Å². The summed E-state index contributed by atoms with van der Waals surface area (Å²) in [6, 6.07) is 0. The first-order valence-electron chi connectivity index (χ1n) is 5.46. The van der Waals surface area contributed by atoms with Crippen LogP contribution < -0.4 is 0 Å². The van der Waals surface area contributed by atoms with Gasteiger partial charge in [0.25, 0.3) is 0 Å². The van der Waals surface area contributed by atoms with Gasteiger partial charge in [-0.3, -0.25) is 9.48 Å². The van der Waals surface area contributed by atoms with Crippen molar-refractivity contribution in [3.05, 3.63) is 17.5 Å². The van der Waals surface area contributed by atoms with Gasteiger partial charge in [-0.05, 0) is 37.7 Å². The Morgan fingerprint density at radius 2 is 2.53 bits per heavy atom. The lowest BCUT2D eigenvalue weighted by Crippen LogP contribution is -2.16. The van der Waals surface area contributed by atoms with Crippen LogP contribution in [0.2, 0.25) is 0 Å². The normalized spacial score (nSPS) is 19.9. The maximum absolute atomic E-state index is 10.6. The molecule has 1 N–H and O–H groups in total. The minimum atomic E-state index is -0.689. The maximum Gasteiger partial charge on any atom is 0.303 e. The van der Waals surface area contributed by atoms with Gasteiger partial charge >= 0.3 is 5.97 Å².